The molecular weight excluding hydrogens is 278 g/mol. The van der Waals surface area contributed by atoms with Crippen molar-refractivity contribution < 1.29 is 14.6 Å². The van der Waals surface area contributed by atoms with Crippen molar-refractivity contribution in [2.75, 3.05) is 13.2 Å². The molecule has 2 aromatic carbocycles. The van der Waals surface area contributed by atoms with Crippen molar-refractivity contribution in [3.8, 4) is 5.75 Å². The summed E-state index contributed by atoms with van der Waals surface area (Å²) in [5.41, 5.74) is -0.441. The van der Waals surface area contributed by atoms with E-state index in [9.17, 15) is 9.90 Å². The SMILES string of the molecule is O=C(COc1ccc2ccccc2c1)NC1(CO)CCCC1. The van der Waals surface area contributed by atoms with E-state index < -0.39 is 5.54 Å². The van der Waals surface area contributed by atoms with Gasteiger partial charge in [0, 0.05) is 0 Å². The lowest BCUT2D eigenvalue weighted by Gasteiger charge is -2.27. The number of fused-ring (bicyclic) bond motifs is 1. The van der Waals surface area contributed by atoms with Crippen molar-refractivity contribution in [2.24, 2.45) is 0 Å². The van der Waals surface area contributed by atoms with Gasteiger partial charge in [0.05, 0.1) is 12.1 Å². The second-order valence-electron chi connectivity index (χ2n) is 5.99. The Balaban J connectivity index is 1.60. The number of nitrogens with one attached hydrogen (secondary N) is 1. The average molecular weight is 299 g/mol. The number of aliphatic hydroxyl groups is 1. The third-order valence-corrected chi connectivity index (χ3v) is 4.36. The topological polar surface area (TPSA) is 58.6 Å². The molecule has 0 aliphatic heterocycles. The Morgan fingerprint density at radius 3 is 2.59 bits per heavy atom. The summed E-state index contributed by atoms with van der Waals surface area (Å²) in [7, 11) is 0. The number of aliphatic hydroxyl groups excluding tert-OH is 1. The van der Waals surface area contributed by atoms with E-state index in [0.717, 1.165) is 36.5 Å². The fourth-order valence-electron chi connectivity index (χ4n) is 3.11. The molecule has 1 fully saturated rings. The highest BCUT2D eigenvalue weighted by molar-refractivity contribution is 5.84. The van der Waals surface area contributed by atoms with E-state index in [4.69, 9.17) is 4.74 Å². The Morgan fingerprint density at radius 1 is 1.14 bits per heavy atom. The van der Waals surface area contributed by atoms with Gasteiger partial charge in [-0.25, -0.2) is 0 Å². The highest BCUT2D eigenvalue weighted by Gasteiger charge is 2.34. The fourth-order valence-corrected chi connectivity index (χ4v) is 3.11. The van der Waals surface area contributed by atoms with E-state index in [2.05, 4.69) is 5.32 Å². The van der Waals surface area contributed by atoms with Gasteiger partial charge in [-0.3, -0.25) is 4.79 Å². The molecule has 22 heavy (non-hydrogen) atoms. The number of ether oxygens (including phenoxy) is 1. The summed E-state index contributed by atoms with van der Waals surface area (Å²) in [5, 5.41) is 14.7. The molecule has 1 amide bonds. The van der Waals surface area contributed by atoms with Gasteiger partial charge in [0.15, 0.2) is 6.61 Å². The fraction of sp³-hybridized carbons (Fsp3) is 0.389. The summed E-state index contributed by atoms with van der Waals surface area (Å²) in [6, 6.07) is 13.8. The van der Waals surface area contributed by atoms with E-state index in [0.29, 0.717) is 5.75 Å². The Bertz CT molecular complexity index is 662. The Hall–Kier alpha value is -2.07. The van der Waals surface area contributed by atoms with Crippen LogP contribution in [-0.4, -0.2) is 29.8 Å². The minimum absolute atomic E-state index is 0.00524. The number of amides is 1. The van der Waals surface area contributed by atoms with E-state index in [-0.39, 0.29) is 19.1 Å². The first-order valence-corrected chi connectivity index (χ1v) is 7.74. The van der Waals surface area contributed by atoms with Gasteiger partial charge in [0.2, 0.25) is 0 Å². The summed E-state index contributed by atoms with van der Waals surface area (Å²) in [6.07, 6.45) is 3.77. The Morgan fingerprint density at radius 2 is 1.86 bits per heavy atom. The lowest BCUT2D eigenvalue weighted by Crippen LogP contribution is -2.50. The summed E-state index contributed by atoms with van der Waals surface area (Å²) in [6.45, 7) is -0.0329. The quantitative estimate of drug-likeness (QED) is 0.892. The standard InChI is InChI=1S/C18H21NO3/c20-13-18(9-3-4-10-18)19-17(21)12-22-16-8-7-14-5-1-2-6-15(14)11-16/h1-2,5-8,11,20H,3-4,9-10,12-13H2,(H,19,21). The number of hydrogen-bond donors (Lipinski definition) is 2. The van der Waals surface area contributed by atoms with Crippen LogP contribution in [0.1, 0.15) is 25.7 Å². The normalized spacial score (nSPS) is 16.6. The first kappa shape index (κ1) is 14.9. The van der Waals surface area contributed by atoms with Gasteiger partial charge in [-0.05, 0) is 35.7 Å². The third-order valence-electron chi connectivity index (χ3n) is 4.36. The van der Waals surface area contributed by atoms with E-state index in [1.54, 1.807) is 0 Å². The zero-order chi connectivity index (χ0) is 15.4. The molecule has 3 rings (SSSR count). The molecule has 4 heteroatoms. The van der Waals surface area contributed by atoms with Crippen molar-refractivity contribution in [3.05, 3.63) is 42.5 Å². The molecule has 4 nitrogen and oxygen atoms in total. The van der Waals surface area contributed by atoms with Crippen molar-refractivity contribution in [1.29, 1.82) is 0 Å². The molecule has 0 bridgehead atoms. The van der Waals surface area contributed by atoms with Gasteiger partial charge in [0.1, 0.15) is 5.75 Å². The second-order valence-corrected chi connectivity index (χ2v) is 5.99. The molecule has 2 N–H and O–H groups in total. The molecule has 0 saturated heterocycles. The predicted octanol–water partition coefficient (Wildman–Crippen LogP) is 2.64. The third kappa shape index (κ3) is 3.22. The highest BCUT2D eigenvalue weighted by Crippen LogP contribution is 2.29. The molecule has 1 aliphatic rings. The van der Waals surface area contributed by atoms with Gasteiger partial charge in [-0.15, -0.1) is 0 Å². The van der Waals surface area contributed by atoms with Crippen molar-refractivity contribution >= 4 is 16.7 Å². The second kappa shape index (κ2) is 6.36. The summed E-state index contributed by atoms with van der Waals surface area (Å²) >= 11 is 0. The van der Waals surface area contributed by atoms with Gasteiger partial charge >= 0.3 is 0 Å². The van der Waals surface area contributed by atoms with Crippen LogP contribution in [-0.2, 0) is 4.79 Å². The molecule has 0 heterocycles. The lowest BCUT2D eigenvalue weighted by molar-refractivity contribution is -0.125. The molecule has 0 spiro atoms. The first-order valence-electron chi connectivity index (χ1n) is 7.74. The summed E-state index contributed by atoms with van der Waals surface area (Å²) in [4.78, 5) is 12.1. The maximum Gasteiger partial charge on any atom is 0.258 e. The number of carbonyl (C=O) groups excluding carboxylic acids is 1. The minimum atomic E-state index is -0.441. The zero-order valence-corrected chi connectivity index (χ0v) is 12.5. The molecule has 0 unspecified atom stereocenters. The molecule has 0 radical (unpaired) electrons. The monoisotopic (exact) mass is 299 g/mol. The number of rotatable bonds is 5. The zero-order valence-electron chi connectivity index (χ0n) is 12.5. The van der Waals surface area contributed by atoms with Crippen molar-refractivity contribution in [2.45, 2.75) is 31.2 Å². The van der Waals surface area contributed by atoms with Crippen LogP contribution in [0.5, 0.6) is 5.75 Å². The van der Waals surface area contributed by atoms with Crippen molar-refractivity contribution in [1.82, 2.24) is 5.32 Å². The van der Waals surface area contributed by atoms with Crippen molar-refractivity contribution in [3.63, 3.8) is 0 Å². The summed E-state index contributed by atoms with van der Waals surface area (Å²) in [5.74, 6) is 0.502. The van der Waals surface area contributed by atoms with Gasteiger partial charge in [0.25, 0.3) is 5.91 Å². The first-order chi connectivity index (χ1) is 10.7. The Labute approximate surface area is 130 Å². The lowest BCUT2D eigenvalue weighted by atomic mass is 9.99. The van der Waals surface area contributed by atoms with Crippen LogP contribution >= 0.6 is 0 Å². The van der Waals surface area contributed by atoms with E-state index in [1.807, 2.05) is 42.5 Å². The minimum Gasteiger partial charge on any atom is -0.484 e. The number of hydrogen-bond acceptors (Lipinski definition) is 3. The van der Waals surface area contributed by atoms with Crippen LogP contribution in [0, 0.1) is 0 Å². The van der Waals surface area contributed by atoms with Crippen LogP contribution in [0.25, 0.3) is 10.8 Å². The van der Waals surface area contributed by atoms with Gasteiger partial charge in [-0.2, -0.15) is 0 Å². The Kier molecular flexibility index (Phi) is 4.29. The molecule has 0 atom stereocenters. The smallest absolute Gasteiger partial charge is 0.258 e. The van der Waals surface area contributed by atoms with Gasteiger partial charge < -0.3 is 15.2 Å². The molecular formula is C18H21NO3. The van der Waals surface area contributed by atoms with E-state index >= 15 is 0 Å². The molecule has 1 aliphatic carbocycles. The largest absolute Gasteiger partial charge is 0.484 e. The van der Waals surface area contributed by atoms with Crippen LogP contribution in [0.2, 0.25) is 0 Å². The predicted molar refractivity (Wildman–Crippen MR) is 85.9 cm³/mol. The molecule has 1 saturated carbocycles. The number of benzene rings is 2. The van der Waals surface area contributed by atoms with Crippen LogP contribution in [0.3, 0.4) is 0 Å². The molecule has 0 aromatic heterocycles. The molecule has 116 valence electrons. The maximum atomic E-state index is 12.1. The summed E-state index contributed by atoms with van der Waals surface area (Å²) < 4.78 is 5.58. The van der Waals surface area contributed by atoms with Crippen LogP contribution in [0.4, 0.5) is 0 Å². The highest BCUT2D eigenvalue weighted by atomic mass is 16.5. The van der Waals surface area contributed by atoms with Crippen LogP contribution in [0.15, 0.2) is 42.5 Å². The van der Waals surface area contributed by atoms with Crippen LogP contribution < -0.4 is 10.1 Å². The maximum absolute atomic E-state index is 12.1. The average Bonchev–Trinajstić information content (AvgIpc) is 3.02. The number of carbonyl (C=O) groups is 1. The van der Waals surface area contributed by atoms with Gasteiger partial charge in [-0.1, -0.05) is 43.2 Å². The van der Waals surface area contributed by atoms with E-state index in [1.165, 1.54) is 0 Å². The molecule has 2 aromatic rings.